The van der Waals surface area contributed by atoms with Crippen molar-refractivity contribution in [2.75, 3.05) is 19.0 Å². The van der Waals surface area contributed by atoms with Gasteiger partial charge >= 0.3 is 12.1 Å². The molecule has 322 valence electrons. The van der Waals surface area contributed by atoms with Crippen LogP contribution in [0, 0.1) is 12.3 Å². The number of nitrogens with one attached hydrogen (secondary N) is 1. The number of unbranched alkanes of at least 4 members (excludes halogenated alkanes) is 6. The van der Waals surface area contributed by atoms with E-state index < -0.39 is 53.7 Å². The number of amides is 1. The van der Waals surface area contributed by atoms with E-state index in [1.807, 2.05) is 72.8 Å². The summed E-state index contributed by atoms with van der Waals surface area (Å²) in [4.78, 5) is 39.2. The second-order valence-corrected chi connectivity index (χ2v) is 16.1. The highest BCUT2D eigenvalue weighted by Crippen LogP contribution is 2.50. The van der Waals surface area contributed by atoms with Crippen molar-refractivity contribution in [2.45, 2.75) is 114 Å². The molecule has 0 bridgehead atoms. The predicted molar refractivity (Wildman–Crippen MR) is 227 cm³/mol. The first-order valence-corrected chi connectivity index (χ1v) is 20.6. The first-order valence-electron chi connectivity index (χ1n) is 20.6. The minimum Gasteiger partial charge on any atom is -0.497 e. The Balaban J connectivity index is 1.41. The van der Waals surface area contributed by atoms with E-state index in [4.69, 9.17) is 30.1 Å². The van der Waals surface area contributed by atoms with Crippen LogP contribution in [0.1, 0.15) is 102 Å². The fraction of sp³-hybridized carbons (Fsp3) is 0.426. The summed E-state index contributed by atoms with van der Waals surface area (Å²) in [7, 11) is 1.56. The zero-order chi connectivity index (χ0) is 43.7. The fourth-order valence-corrected chi connectivity index (χ4v) is 7.56. The number of benzene rings is 3. The molecule has 13 nitrogen and oxygen atoms in total. The van der Waals surface area contributed by atoms with Gasteiger partial charge in [0.05, 0.1) is 13.4 Å². The molecular weight excluding hydrogens is 782 g/mol. The Morgan fingerprint density at radius 1 is 0.902 bits per heavy atom. The third-order valence-corrected chi connectivity index (χ3v) is 10.5. The number of imidazole rings is 1. The second-order valence-electron chi connectivity index (χ2n) is 16.1. The summed E-state index contributed by atoms with van der Waals surface area (Å²) in [5, 5.41) is 15.0. The van der Waals surface area contributed by atoms with Crippen molar-refractivity contribution in [2.24, 2.45) is 0 Å². The van der Waals surface area contributed by atoms with E-state index in [-0.39, 0.29) is 23.4 Å². The molecule has 3 heterocycles. The van der Waals surface area contributed by atoms with Gasteiger partial charge in [0.15, 0.2) is 23.2 Å². The van der Waals surface area contributed by atoms with Crippen LogP contribution in [0.2, 0.25) is 0 Å². The molecule has 2 N–H and O–H groups in total. The van der Waals surface area contributed by atoms with Crippen molar-refractivity contribution in [3.8, 4) is 18.1 Å². The third-order valence-electron chi connectivity index (χ3n) is 10.5. The number of aromatic nitrogens is 4. The summed E-state index contributed by atoms with van der Waals surface area (Å²) in [6, 6.07) is 25.7. The van der Waals surface area contributed by atoms with Gasteiger partial charge in [-0.3, -0.25) is 14.7 Å². The number of carbonyl (C=O) groups is 2. The number of carbonyl (C=O) groups excluding carboxylic acids is 2. The summed E-state index contributed by atoms with van der Waals surface area (Å²) >= 11 is 0. The number of anilines is 1. The van der Waals surface area contributed by atoms with Crippen molar-refractivity contribution in [3.63, 3.8) is 0 Å². The smallest absolute Gasteiger partial charge is 0.413 e. The molecule has 1 aliphatic rings. The number of methoxy groups -OCH3 is 1. The normalized spacial score (nSPS) is 20.2. The summed E-state index contributed by atoms with van der Waals surface area (Å²) in [6.45, 7) is 6.38. The van der Waals surface area contributed by atoms with E-state index >= 15 is 4.39 Å². The van der Waals surface area contributed by atoms with E-state index in [0.717, 1.165) is 44.9 Å². The number of fused-ring (bicyclic) bond motifs is 1. The van der Waals surface area contributed by atoms with Crippen molar-refractivity contribution in [1.29, 1.82) is 0 Å². The highest BCUT2D eigenvalue weighted by Gasteiger charge is 2.68. The Bertz CT molecular complexity index is 2240. The second kappa shape index (κ2) is 19.2. The molecule has 2 aromatic heterocycles. The van der Waals surface area contributed by atoms with Crippen LogP contribution in [0.3, 0.4) is 0 Å². The van der Waals surface area contributed by atoms with Gasteiger partial charge in [-0.25, -0.2) is 24.1 Å². The average molecular weight is 836 g/mol. The van der Waals surface area contributed by atoms with Gasteiger partial charge in [-0.05, 0) is 56.0 Å². The van der Waals surface area contributed by atoms with Crippen LogP contribution in [0.4, 0.5) is 15.0 Å². The molecule has 0 radical (unpaired) electrons. The molecular formula is C47H54FN5O8. The van der Waals surface area contributed by atoms with E-state index in [2.05, 4.69) is 33.1 Å². The number of rotatable bonds is 18. The molecule has 61 heavy (non-hydrogen) atoms. The van der Waals surface area contributed by atoms with Crippen LogP contribution < -0.4 is 10.1 Å². The standard InChI is InChI=1S/C47H54FN5O8/c1-7-9-10-11-12-13-20-25-37(54)59-41-45(56,8-2)42(53-32-51-38-39(49-31-50-40(38)53)52-43(55)61-44(3,4)5)60-46(41,48)30-58-47(33-21-16-14-17-22-33,34-23-18-15-19-24-34)35-26-28-36(57-6)29-27-35/h2,14-19,21-24,26-29,31-32,41-42,56H,7,9-13,20,25,30H2,1,3-6H3,(H,49,50,52,55)/t41-,42+,45+,46+/m0/s1. The van der Waals surface area contributed by atoms with Crippen LogP contribution >= 0.6 is 0 Å². The van der Waals surface area contributed by atoms with Crippen molar-refractivity contribution in [3.05, 3.63) is 114 Å². The number of hydrogen-bond acceptors (Lipinski definition) is 11. The maximum absolute atomic E-state index is 18.4. The monoisotopic (exact) mass is 835 g/mol. The number of terminal acetylenes is 1. The zero-order valence-electron chi connectivity index (χ0n) is 35.3. The van der Waals surface area contributed by atoms with Gasteiger partial charge in [0.2, 0.25) is 11.7 Å². The lowest BCUT2D eigenvalue weighted by atomic mass is 9.80. The number of alkyl halides is 1. The van der Waals surface area contributed by atoms with E-state index in [1.165, 1.54) is 10.9 Å². The molecule has 0 unspecified atom stereocenters. The zero-order valence-corrected chi connectivity index (χ0v) is 35.3. The summed E-state index contributed by atoms with van der Waals surface area (Å²) in [5.74, 6) is -0.992. The molecule has 6 rings (SSSR count). The largest absolute Gasteiger partial charge is 0.497 e. The lowest BCUT2D eigenvalue weighted by Gasteiger charge is -2.38. The number of aliphatic hydroxyl groups is 1. The average Bonchev–Trinajstić information content (AvgIpc) is 3.78. The molecule has 0 saturated carbocycles. The van der Waals surface area contributed by atoms with Gasteiger partial charge in [0, 0.05) is 6.42 Å². The van der Waals surface area contributed by atoms with Crippen LogP contribution in [-0.4, -0.2) is 73.6 Å². The van der Waals surface area contributed by atoms with Crippen molar-refractivity contribution >= 4 is 29.0 Å². The number of halogens is 1. The molecule has 1 saturated heterocycles. The van der Waals surface area contributed by atoms with Crippen molar-refractivity contribution in [1.82, 2.24) is 19.5 Å². The molecule has 5 aromatic rings. The molecule has 0 aliphatic carbocycles. The number of nitrogens with zero attached hydrogens (tertiary/aromatic N) is 4. The van der Waals surface area contributed by atoms with Gasteiger partial charge in [-0.1, -0.05) is 124 Å². The van der Waals surface area contributed by atoms with Crippen LogP contribution in [0.25, 0.3) is 11.2 Å². The lowest BCUT2D eigenvalue weighted by Crippen LogP contribution is -2.53. The molecule has 14 heteroatoms. The molecule has 3 aromatic carbocycles. The lowest BCUT2D eigenvalue weighted by molar-refractivity contribution is -0.235. The molecule has 4 atom stereocenters. The maximum atomic E-state index is 18.4. The quantitative estimate of drug-likeness (QED) is 0.0377. The Kier molecular flexibility index (Phi) is 14.1. The van der Waals surface area contributed by atoms with Gasteiger partial charge < -0.3 is 28.8 Å². The topological polar surface area (TPSA) is 156 Å². The third kappa shape index (κ3) is 9.86. The van der Waals surface area contributed by atoms with Gasteiger partial charge in [0.1, 0.15) is 29.9 Å². The van der Waals surface area contributed by atoms with Gasteiger partial charge in [-0.15, -0.1) is 6.42 Å². The summed E-state index contributed by atoms with van der Waals surface area (Å²) < 4.78 is 49.4. The predicted octanol–water partition coefficient (Wildman–Crippen LogP) is 8.80. The number of ether oxygens (including phenoxy) is 5. The minimum atomic E-state index is -3.08. The molecule has 0 spiro atoms. The van der Waals surface area contributed by atoms with Gasteiger partial charge in [-0.2, -0.15) is 0 Å². The fourth-order valence-electron chi connectivity index (χ4n) is 7.56. The van der Waals surface area contributed by atoms with Crippen LogP contribution in [0.5, 0.6) is 5.75 Å². The number of hydrogen-bond donors (Lipinski definition) is 2. The van der Waals surface area contributed by atoms with E-state index in [1.54, 1.807) is 40.0 Å². The van der Waals surface area contributed by atoms with Crippen LogP contribution in [-0.2, 0) is 29.3 Å². The number of esters is 1. The van der Waals surface area contributed by atoms with E-state index in [0.29, 0.717) is 28.9 Å². The SMILES string of the molecule is C#C[C@]1(O)[C@H](n2cnc3c(NC(=O)OC(C)(C)C)ncnc32)O[C@](F)(COC(c2ccccc2)(c2ccccc2)c2ccc(OC)cc2)[C@H]1OC(=O)CCCCCCCCC. The first kappa shape index (κ1) is 44.7. The summed E-state index contributed by atoms with van der Waals surface area (Å²) in [5.41, 5.74) is -2.96. The maximum Gasteiger partial charge on any atom is 0.413 e. The highest BCUT2D eigenvalue weighted by atomic mass is 19.2. The van der Waals surface area contributed by atoms with Crippen LogP contribution in [0.15, 0.2) is 97.6 Å². The molecule has 1 aliphatic heterocycles. The Hall–Kier alpha value is -5.88. The molecule has 1 amide bonds. The first-order chi connectivity index (χ1) is 29.3. The highest BCUT2D eigenvalue weighted by molar-refractivity contribution is 5.93. The van der Waals surface area contributed by atoms with Gasteiger partial charge in [0.25, 0.3) is 5.85 Å². The minimum absolute atomic E-state index is 0.0132. The summed E-state index contributed by atoms with van der Waals surface area (Å²) in [6.07, 6.45) is 10.3. The van der Waals surface area contributed by atoms with Crippen molar-refractivity contribution < 1.29 is 42.8 Å². The Morgan fingerprint density at radius 2 is 1.51 bits per heavy atom. The van der Waals surface area contributed by atoms with E-state index in [9.17, 15) is 14.7 Å². The Labute approximate surface area is 356 Å². The molecule has 1 fully saturated rings. The Morgan fingerprint density at radius 3 is 2.10 bits per heavy atom.